The molecular formula is C18H17N3O. The van der Waals surface area contributed by atoms with Crippen LogP contribution in [0.4, 0.5) is 0 Å². The lowest BCUT2D eigenvalue weighted by Gasteiger charge is -2.12. The maximum Gasteiger partial charge on any atom is 0.244 e. The molecule has 0 aliphatic rings. The number of aromatic nitrogens is 2. The molecule has 1 atom stereocenters. The Morgan fingerprint density at radius 2 is 2.05 bits per heavy atom. The molecule has 2 N–H and O–H groups in total. The van der Waals surface area contributed by atoms with E-state index in [0.717, 1.165) is 22.2 Å². The number of carbonyl (C=O) groups is 1. The minimum absolute atomic E-state index is 0.0250. The monoisotopic (exact) mass is 291 g/mol. The van der Waals surface area contributed by atoms with Gasteiger partial charge in [0, 0.05) is 29.4 Å². The zero-order valence-electron chi connectivity index (χ0n) is 12.3. The van der Waals surface area contributed by atoms with Gasteiger partial charge in [0.15, 0.2) is 0 Å². The van der Waals surface area contributed by atoms with Crippen molar-refractivity contribution in [3.05, 3.63) is 72.1 Å². The van der Waals surface area contributed by atoms with Crippen LogP contribution in [0.2, 0.25) is 0 Å². The minimum Gasteiger partial charge on any atom is -0.346 e. The van der Waals surface area contributed by atoms with Crippen molar-refractivity contribution in [2.75, 3.05) is 0 Å². The topological polar surface area (TPSA) is 57.8 Å². The number of hydrogen-bond acceptors (Lipinski definition) is 2. The Kier molecular flexibility index (Phi) is 4.01. The second-order valence-electron chi connectivity index (χ2n) is 5.12. The molecule has 0 saturated heterocycles. The van der Waals surface area contributed by atoms with Gasteiger partial charge in [0.2, 0.25) is 5.91 Å². The van der Waals surface area contributed by atoms with E-state index in [1.54, 1.807) is 18.3 Å². The molecule has 0 fully saturated rings. The van der Waals surface area contributed by atoms with Gasteiger partial charge in [0.1, 0.15) is 5.65 Å². The Morgan fingerprint density at radius 1 is 1.23 bits per heavy atom. The molecule has 3 rings (SSSR count). The number of aromatic amines is 1. The first-order valence-corrected chi connectivity index (χ1v) is 7.19. The van der Waals surface area contributed by atoms with E-state index < -0.39 is 0 Å². The highest BCUT2D eigenvalue weighted by molar-refractivity contribution is 5.95. The lowest BCUT2D eigenvalue weighted by molar-refractivity contribution is -0.117. The second-order valence-corrected chi connectivity index (χ2v) is 5.12. The summed E-state index contributed by atoms with van der Waals surface area (Å²) in [5.74, 6) is -0.116. The summed E-state index contributed by atoms with van der Waals surface area (Å²) in [4.78, 5) is 19.3. The summed E-state index contributed by atoms with van der Waals surface area (Å²) in [5.41, 5.74) is 2.85. The van der Waals surface area contributed by atoms with Crippen LogP contribution in [0.3, 0.4) is 0 Å². The fraction of sp³-hybridized carbons (Fsp3) is 0.111. The average molecular weight is 291 g/mol. The van der Waals surface area contributed by atoms with Crippen LogP contribution >= 0.6 is 0 Å². The van der Waals surface area contributed by atoms with Gasteiger partial charge in [-0.15, -0.1) is 0 Å². The highest BCUT2D eigenvalue weighted by Crippen LogP contribution is 2.17. The van der Waals surface area contributed by atoms with Crippen LogP contribution < -0.4 is 5.32 Å². The first kappa shape index (κ1) is 14.1. The zero-order valence-corrected chi connectivity index (χ0v) is 12.3. The number of hydrogen-bond donors (Lipinski definition) is 2. The van der Waals surface area contributed by atoms with Crippen LogP contribution in [0.1, 0.15) is 24.1 Å². The smallest absolute Gasteiger partial charge is 0.244 e. The number of rotatable bonds is 4. The Balaban J connectivity index is 1.69. The number of amides is 1. The summed E-state index contributed by atoms with van der Waals surface area (Å²) >= 11 is 0. The van der Waals surface area contributed by atoms with E-state index in [4.69, 9.17) is 0 Å². The quantitative estimate of drug-likeness (QED) is 0.723. The van der Waals surface area contributed by atoms with Gasteiger partial charge in [-0.3, -0.25) is 4.79 Å². The van der Waals surface area contributed by atoms with Crippen LogP contribution in [0.25, 0.3) is 17.1 Å². The van der Waals surface area contributed by atoms with E-state index >= 15 is 0 Å². The third-order valence-corrected chi connectivity index (χ3v) is 3.56. The van der Waals surface area contributed by atoms with E-state index in [1.807, 2.05) is 55.6 Å². The molecule has 0 aliphatic heterocycles. The molecule has 4 nitrogen and oxygen atoms in total. The summed E-state index contributed by atoms with van der Waals surface area (Å²) in [6.07, 6.45) is 6.94. The third kappa shape index (κ3) is 3.06. The van der Waals surface area contributed by atoms with E-state index in [0.29, 0.717) is 0 Å². The molecule has 1 amide bonds. The second kappa shape index (κ2) is 6.26. The van der Waals surface area contributed by atoms with Gasteiger partial charge < -0.3 is 10.3 Å². The number of benzene rings is 1. The molecule has 0 saturated carbocycles. The molecule has 1 unspecified atom stereocenters. The summed E-state index contributed by atoms with van der Waals surface area (Å²) < 4.78 is 0. The predicted molar refractivity (Wildman–Crippen MR) is 88.1 cm³/mol. The summed E-state index contributed by atoms with van der Waals surface area (Å²) in [6.45, 7) is 1.97. The van der Waals surface area contributed by atoms with Gasteiger partial charge in [-0.2, -0.15) is 0 Å². The van der Waals surface area contributed by atoms with Gasteiger partial charge in [-0.1, -0.05) is 30.3 Å². The van der Waals surface area contributed by atoms with Gasteiger partial charge in [0.05, 0.1) is 6.04 Å². The van der Waals surface area contributed by atoms with Crippen molar-refractivity contribution in [3.63, 3.8) is 0 Å². The van der Waals surface area contributed by atoms with Crippen LogP contribution in [0, 0.1) is 0 Å². The number of nitrogens with zero attached hydrogens (tertiary/aromatic N) is 1. The first-order valence-electron chi connectivity index (χ1n) is 7.19. The molecule has 2 aromatic heterocycles. The highest BCUT2D eigenvalue weighted by atomic mass is 16.1. The van der Waals surface area contributed by atoms with Gasteiger partial charge in [-0.25, -0.2) is 4.98 Å². The maximum absolute atomic E-state index is 12.0. The van der Waals surface area contributed by atoms with Crippen LogP contribution in [-0.2, 0) is 4.79 Å². The van der Waals surface area contributed by atoms with E-state index in [-0.39, 0.29) is 11.9 Å². The third-order valence-electron chi connectivity index (χ3n) is 3.56. The maximum atomic E-state index is 12.0. The SMILES string of the molecule is CC(NC(=O)/C=C/c1c[nH]c2ncccc12)c1ccccc1. The fourth-order valence-electron chi connectivity index (χ4n) is 2.37. The van der Waals surface area contributed by atoms with Crippen molar-refractivity contribution in [2.45, 2.75) is 13.0 Å². The van der Waals surface area contributed by atoms with E-state index in [1.165, 1.54) is 0 Å². The number of carbonyl (C=O) groups excluding carboxylic acids is 1. The number of pyridine rings is 1. The van der Waals surface area contributed by atoms with Crippen LogP contribution in [0.5, 0.6) is 0 Å². The molecule has 0 bridgehead atoms. The first-order chi connectivity index (χ1) is 10.7. The summed E-state index contributed by atoms with van der Waals surface area (Å²) in [7, 11) is 0. The van der Waals surface area contributed by atoms with Crippen molar-refractivity contribution in [2.24, 2.45) is 0 Å². The van der Waals surface area contributed by atoms with Gasteiger partial charge in [0.25, 0.3) is 0 Å². The van der Waals surface area contributed by atoms with Crippen LogP contribution in [0.15, 0.2) is 60.9 Å². The molecule has 4 heteroatoms. The van der Waals surface area contributed by atoms with Gasteiger partial charge >= 0.3 is 0 Å². The highest BCUT2D eigenvalue weighted by Gasteiger charge is 2.07. The summed E-state index contributed by atoms with van der Waals surface area (Å²) in [6, 6.07) is 13.7. The fourth-order valence-corrected chi connectivity index (χ4v) is 2.37. The zero-order chi connectivity index (χ0) is 15.4. The van der Waals surface area contributed by atoms with Crippen molar-refractivity contribution < 1.29 is 4.79 Å². The molecule has 1 aromatic carbocycles. The molecule has 0 aliphatic carbocycles. The summed E-state index contributed by atoms with van der Waals surface area (Å²) in [5, 5.41) is 3.96. The Hall–Kier alpha value is -2.88. The number of nitrogens with one attached hydrogen (secondary N) is 2. The van der Waals surface area contributed by atoms with Crippen molar-refractivity contribution in [3.8, 4) is 0 Å². The van der Waals surface area contributed by atoms with Crippen molar-refractivity contribution >= 4 is 23.0 Å². The minimum atomic E-state index is -0.116. The Morgan fingerprint density at radius 3 is 2.86 bits per heavy atom. The largest absolute Gasteiger partial charge is 0.346 e. The lowest BCUT2D eigenvalue weighted by Crippen LogP contribution is -2.24. The lowest BCUT2D eigenvalue weighted by atomic mass is 10.1. The number of fused-ring (bicyclic) bond motifs is 1. The van der Waals surface area contributed by atoms with Crippen LogP contribution in [-0.4, -0.2) is 15.9 Å². The number of H-pyrrole nitrogens is 1. The van der Waals surface area contributed by atoms with E-state index in [2.05, 4.69) is 15.3 Å². The Bertz CT molecular complexity index is 805. The molecule has 110 valence electrons. The molecule has 3 aromatic rings. The van der Waals surface area contributed by atoms with Crippen molar-refractivity contribution in [1.29, 1.82) is 0 Å². The average Bonchev–Trinajstić information content (AvgIpc) is 2.97. The van der Waals surface area contributed by atoms with Crippen molar-refractivity contribution in [1.82, 2.24) is 15.3 Å². The molecule has 0 radical (unpaired) electrons. The van der Waals surface area contributed by atoms with E-state index in [9.17, 15) is 4.79 Å². The molecule has 0 spiro atoms. The van der Waals surface area contributed by atoms with Gasteiger partial charge in [-0.05, 0) is 30.7 Å². The predicted octanol–water partition coefficient (Wildman–Crippen LogP) is 3.45. The molecule has 2 heterocycles. The normalized spacial score (nSPS) is 12.6. The molecular weight excluding hydrogens is 274 g/mol. The molecule has 22 heavy (non-hydrogen) atoms. The standard InChI is InChI=1S/C18H17N3O/c1-13(14-6-3-2-4-7-14)21-17(22)10-9-15-12-20-18-16(15)8-5-11-19-18/h2-13H,1H3,(H,19,20)(H,21,22)/b10-9+. The Labute approximate surface area is 128 Å².